The maximum Gasteiger partial charge on any atom is 0.0638 e. The summed E-state index contributed by atoms with van der Waals surface area (Å²) in [6.07, 6.45) is 3.46. The highest BCUT2D eigenvalue weighted by Crippen LogP contribution is 2.21. The van der Waals surface area contributed by atoms with Crippen LogP contribution in [0.5, 0.6) is 0 Å². The van der Waals surface area contributed by atoms with Crippen molar-refractivity contribution in [1.82, 2.24) is 4.90 Å². The van der Waals surface area contributed by atoms with Crippen LogP contribution in [0.3, 0.4) is 0 Å². The Morgan fingerprint density at radius 2 is 2.25 bits per heavy atom. The van der Waals surface area contributed by atoms with E-state index in [9.17, 15) is 0 Å². The first-order valence-corrected chi connectivity index (χ1v) is 5.95. The summed E-state index contributed by atoms with van der Waals surface area (Å²) >= 11 is 6.01. The van der Waals surface area contributed by atoms with Gasteiger partial charge in [0.1, 0.15) is 0 Å². The normalized spacial score (nSPS) is 17.2. The van der Waals surface area contributed by atoms with Crippen molar-refractivity contribution in [3.05, 3.63) is 40.4 Å². The lowest BCUT2D eigenvalue weighted by Crippen LogP contribution is -2.28. The average molecular weight is 237 g/mol. The Balaban J connectivity index is 2.04. The second-order valence-electron chi connectivity index (χ2n) is 4.41. The van der Waals surface area contributed by atoms with Crippen molar-refractivity contribution < 1.29 is 0 Å². The summed E-state index contributed by atoms with van der Waals surface area (Å²) in [6, 6.07) is 5.89. The van der Waals surface area contributed by atoms with Crippen molar-refractivity contribution >= 4 is 17.3 Å². The Labute approximate surface area is 102 Å². The summed E-state index contributed by atoms with van der Waals surface area (Å²) in [5.41, 5.74) is 9.02. The van der Waals surface area contributed by atoms with Crippen LogP contribution in [-0.2, 0) is 6.54 Å². The van der Waals surface area contributed by atoms with Gasteiger partial charge in [0, 0.05) is 19.6 Å². The molecule has 0 fully saturated rings. The molecule has 16 heavy (non-hydrogen) atoms. The molecule has 0 bridgehead atoms. The summed E-state index contributed by atoms with van der Waals surface area (Å²) in [5.74, 6) is 0. The van der Waals surface area contributed by atoms with Gasteiger partial charge in [-0.1, -0.05) is 29.3 Å². The molecular weight excluding hydrogens is 220 g/mol. The second-order valence-corrected chi connectivity index (χ2v) is 4.81. The van der Waals surface area contributed by atoms with Gasteiger partial charge in [-0.05, 0) is 31.0 Å². The number of anilines is 1. The van der Waals surface area contributed by atoms with Crippen LogP contribution in [0.4, 0.5) is 5.69 Å². The van der Waals surface area contributed by atoms with Crippen molar-refractivity contribution in [2.75, 3.05) is 18.8 Å². The zero-order chi connectivity index (χ0) is 11.5. The maximum atomic E-state index is 6.01. The first kappa shape index (κ1) is 11.5. The van der Waals surface area contributed by atoms with Crippen LogP contribution in [-0.4, -0.2) is 18.0 Å². The van der Waals surface area contributed by atoms with E-state index in [-0.39, 0.29) is 0 Å². The van der Waals surface area contributed by atoms with Crippen molar-refractivity contribution in [3.63, 3.8) is 0 Å². The van der Waals surface area contributed by atoms with Gasteiger partial charge in [-0.15, -0.1) is 0 Å². The molecule has 86 valence electrons. The van der Waals surface area contributed by atoms with Gasteiger partial charge in [-0.2, -0.15) is 0 Å². The summed E-state index contributed by atoms with van der Waals surface area (Å²) in [4.78, 5) is 2.43. The minimum atomic E-state index is 0.653. The maximum absolute atomic E-state index is 6.01. The van der Waals surface area contributed by atoms with E-state index in [0.29, 0.717) is 10.7 Å². The molecule has 0 radical (unpaired) electrons. The second kappa shape index (κ2) is 4.89. The molecule has 0 aromatic heterocycles. The Kier molecular flexibility index (Phi) is 3.52. The van der Waals surface area contributed by atoms with Crippen molar-refractivity contribution in [3.8, 4) is 0 Å². The van der Waals surface area contributed by atoms with Gasteiger partial charge in [0.2, 0.25) is 0 Å². The third kappa shape index (κ3) is 2.77. The Morgan fingerprint density at radius 3 is 2.94 bits per heavy atom. The van der Waals surface area contributed by atoms with Gasteiger partial charge in [-0.25, -0.2) is 0 Å². The fourth-order valence-electron chi connectivity index (χ4n) is 2.05. The van der Waals surface area contributed by atoms with Gasteiger partial charge in [0.25, 0.3) is 0 Å². The van der Waals surface area contributed by atoms with Gasteiger partial charge < -0.3 is 5.73 Å². The van der Waals surface area contributed by atoms with E-state index >= 15 is 0 Å². The third-order valence-corrected chi connectivity index (χ3v) is 3.21. The van der Waals surface area contributed by atoms with Crippen LogP contribution >= 0.6 is 11.6 Å². The van der Waals surface area contributed by atoms with Crippen LogP contribution in [0.1, 0.15) is 18.9 Å². The Hall–Kier alpha value is -0.990. The SMILES string of the molecule is CC1=CCCN(Cc2ccc(N)c(Cl)c2)C1. The minimum Gasteiger partial charge on any atom is -0.398 e. The van der Waals surface area contributed by atoms with E-state index < -0.39 is 0 Å². The number of nitrogen functional groups attached to an aromatic ring is 1. The fourth-order valence-corrected chi connectivity index (χ4v) is 2.26. The standard InChI is InChI=1S/C13H17ClN2/c1-10-3-2-6-16(8-10)9-11-4-5-13(15)12(14)7-11/h3-5,7H,2,6,8-9,15H2,1H3. The lowest BCUT2D eigenvalue weighted by molar-refractivity contribution is 0.282. The Bertz CT molecular complexity index is 412. The van der Waals surface area contributed by atoms with Gasteiger partial charge in [0.15, 0.2) is 0 Å². The predicted molar refractivity (Wildman–Crippen MR) is 69.5 cm³/mol. The molecule has 1 heterocycles. The predicted octanol–water partition coefficient (Wildman–Crippen LogP) is 3.07. The average Bonchev–Trinajstić information content (AvgIpc) is 2.24. The molecule has 2 nitrogen and oxygen atoms in total. The van der Waals surface area contributed by atoms with Crippen LogP contribution in [0.25, 0.3) is 0 Å². The summed E-state index contributed by atoms with van der Waals surface area (Å²) in [6.45, 7) is 5.31. The molecule has 1 aromatic carbocycles. The largest absolute Gasteiger partial charge is 0.398 e. The topological polar surface area (TPSA) is 29.3 Å². The molecule has 0 unspecified atom stereocenters. The molecule has 2 rings (SSSR count). The van der Waals surface area contributed by atoms with Gasteiger partial charge in [0.05, 0.1) is 10.7 Å². The van der Waals surface area contributed by atoms with Crippen LogP contribution in [0.2, 0.25) is 5.02 Å². The molecule has 3 heteroatoms. The monoisotopic (exact) mass is 236 g/mol. The van der Waals surface area contributed by atoms with E-state index in [1.54, 1.807) is 0 Å². The number of hydrogen-bond acceptors (Lipinski definition) is 2. The molecule has 0 spiro atoms. The van der Waals surface area contributed by atoms with Crippen LogP contribution < -0.4 is 5.73 Å². The highest BCUT2D eigenvalue weighted by atomic mass is 35.5. The number of nitrogens with two attached hydrogens (primary N) is 1. The minimum absolute atomic E-state index is 0.653. The van der Waals surface area contributed by atoms with Crippen molar-refractivity contribution in [2.24, 2.45) is 0 Å². The van der Waals surface area contributed by atoms with E-state index in [1.807, 2.05) is 12.1 Å². The summed E-state index contributed by atoms with van der Waals surface area (Å²) in [5, 5.41) is 0.654. The Morgan fingerprint density at radius 1 is 1.44 bits per heavy atom. The molecule has 0 amide bonds. The van der Waals surface area contributed by atoms with Crippen molar-refractivity contribution in [2.45, 2.75) is 19.9 Å². The number of benzene rings is 1. The van der Waals surface area contributed by atoms with Gasteiger partial charge >= 0.3 is 0 Å². The lowest BCUT2D eigenvalue weighted by Gasteiger charge is -2.26. The lowest BCUT2D eigenvalue weighted by atomic mass is 10.1. The highest BCUT2D eigenvalue weighted by Gasteiger charge is 2.10. The number of nitrogens with zero attached hydrogens (tertiary/aromatic N) is 1. The third-order valence-electron chi connectivity index (χ3n) is 2.88. The summed E-state index contributed by atoms with van der Waals surface area (Å²) < 4.78 is 0. The first-order chi connectivity index (χ1) is 7.65. The molecule has 0 atom stereocenters. The van der Waals surface area contributed by atoms with Crippen LogP contribution in [0.15, 0.2) is 29.8 Å². The fraction of sp³-hybridized carbons (Fsp3) is 0.385. The molecule has 0 aliphatic carbocycles. The van der Waals surface area contributed by atoms with E-state index in [2.05, 4.69) is 24.0 Å². The zero-order valence-corrected chi connectivity index (χ0v) is 10.3. The molecule has 1 aliphatic rings. The smallest absolute Gasteiger partial charge is 0.0638 e. The highest BCUT2D eigenvalue weighted by molar-refractivity contribution is 6.33. The van der Waals surface area contributed by atoms with E-state index in [4.69, 9.17) is 17.3 Å². The number of rotatable bonds is 2. The van der Waals surface area contributed by atoms with Crippen LogP contribution in [0, 0.1) is 0 Å². The molecule has 2 N–H and O–H groups in total. The molecule has 0 saturated carbocycles. The quantitative estimate of drug-likeness (QED) is 0.632. The molecule has 0 saturated heterocycles. The first-order valence-electron chi connectivity index (χ1n) is 5.57. The zero-order valence-electron chi connectivity index (χ0n) is 9.54. The van der Waals surface area contributed by atoms with Crippen molar-refractivity contribution in [1.29, 1.82) is 0 Å². The summed E-state index contributed by atoms with van der Waals surface area (Å²) in [7, 11) is 0. The van der Waals surface area contributed by atoms with E-state index in [0.717, 1.165) is 26.1 Å². The number of halogens is 1. The molecule has 1 aliphatic heterocycles. The molecule has 1 aromatic rings. The van der Waals surface area contributed by atoms with E-state index in [1.165, 1.54) is 11.1 Å². The molecular formula is C13H17ClN2. The van der Waals surface area contributed by atoms with Gasteiger partial charge in [-0.3, -0.25) is 4.90 Å². The number of hydrogen-bond donors (Lipinski definition) is 1.